The van der Waals surface area contributed by atoms with Gasteiger partial charge >= 0.3 is 0 Å². The quantitative estimate of drug-likeness (QED) is 0.841. The summed E-state index contributed by atoms with van der Waals surface area (Å²) < 4.78 is 0. The number of hydrogen-bond donors (Lipinski definition) is 1. The van der Waals surface area contributed by atoms with Crippen LogP contribution >= 0.6 is 0 Å². The lowest BCUT2D eigenvalue weighted by Crippen LogP contribution is -2.47. The Morgan fingerprint density at radius 3 is 2.21 bits per heavy atom. The monoisotopic (exact) mass is 257 g/mol. The van der Waals surface area contributed by atoms with E-state index in [1.807, 2.05) is 0 Å². The second-order valence-electron chi connectivity index (χ2n) is 7.38. The van der Waals surface area contributed by atoms with Crippen LogP contribution in [0.2, 0.25) is 0 Å². The molecule has 0 radical (unpaired) electrons. The fourth-order valence-electron chi connectivity index (χ4n) is 3.65. The van der Waals surface area contributed by atoms with Crippen LogP contribution in [0.5, 0.6) is 0 Å². The number of rotatable bonds is 3. The summed E-state index contributed by atoms with van der Waals surface area (Å²) in [4.78, 5) is 0. The van der Waals surface area contributed by atoms with E-state index in [2.05, 4.69) is 49.5 Å². The first kappa shape index (κ1) is 13.2. The lowest BCUT2D eigenvalue weighted by molar-refractivity contribution is 0.174. The molecular formula is C18H27N. The minimum atomic E-state index is 0.588. The number of benzene rings is 1. The molecule has 1 heteroatoms. The van der Waals surface area contributed by atoms with Crippen LogP contribution in [-0.2, 0) is 0 Å². The van der Waals surface area contributed by atoms with Crippen LogP contribution in [0.15, 0.2) is 30.3 Å². The third kappa shape index (κ3) is 3.20. The molecule has 0 aliphatic heterocycles. The van der Waals surface area contributed by atoms with Crippen molar-refractivity contribution in [1.29, 1.82) is 0 Å². The highest BCUT2D eigenvalue weighted by molar-refractivity contribution is 5.22. The van der Waals surface area contributed by atoms with Gasteiger partial charge in [-0.2, -0.15) is 0 Å². The van der Waals surface area contributed by atoms with E-state index in [1.165, 1.54) is 44.1 Å². The summed E-state index contributed by atoms with van der Waals surface area (Å²) in [6.07, 6.45) is 8.20. The summed E-state index contributed by atoms with van der Waals surface area (Å²) in [6, 6.07) is 12.6. The molecule has 1 nitrogen and oxygen atoms in total. The third-order valence-corrected chi connectivity index (χ3v) is 5.22. The highest BCUT2D eigenvalue weighted by atomic mass is 15.0. The van der Waals surface area contributed by atoms with Gasteiger partial charge in [0, 0.05) is 12.1 Å². The van der Waals surface area contributed by atoms with Crippen LogP contribution < -0.4 is 5.32 Å². The van der Waals surface area contributed by atoms with Crippen molar-refractivity contribution in [3.8, 4) is 0 Å². The Morgan fingerprint density at radius 2 is 1.58 bits per heavy atom. The maximum atomic E-state index is 3.89. The largest absolute Gasteiger partial charge is 0.311 e. The van der Waals surface area contributed by atoms with Crippen molar-refractivity contribution in [3.05, 3.63) is 35.9 Å². The Bertz CT molecular complexity index is 393. The molecular weight excluding hydrogens is 230 g/mol. The lowest BCUT2D eigenvalue weighted by atomic mass is 9.73. The molecule has 0 unspecified atom stereocenters. The Morgan fingerprint density at radius 1 is 0.947 bits per heavy atom. The van der Waals surface area contributed by atoms with Gasteiger partial charge in [-0.25, -0.2) is 0 Å². The molecule has 0 heterocycles. The zero-order valence-electron chi connectivity index (χ0n) is 12.4. The van der Waals surface area contributed by atoms with Gasteiger partial charge in [0.15, 0.2) is 0 Å². The molecule has 1 aromatic rings. The molecule has 1 N–H and O–H groups in total. The first-order chi connectivity index (χ1) is 9.12. The number of nitrogens with one attached hydrogen (secondary N) is 1. The second-order valence-corrected chi connectivity index (χ2v) is 7.38. The third-order valence-electron chi connectivity index (χ3n) is 5.22. The number of hydrogen-bond acceptors (Lipinski definition) is 1. The molecule has 2 fully saturated rings. The summed E-state index contributed by atoms with van der Waals surface area (Å²) in [5, 5.41) is 3.89. The van der Waals surface area contributed by atoms with E-state index in [1.54, 1.807) is 0 Å². The van der Waals surface area contributed by atoms with E-state index in [0.717, 1.165) is 18.0 Å². The van der Waals surface area contributed by atoms with Crippen LogP contribution in [0.4, 0.5) is 0 Å². The molecule has 2 aliphatic rings. The van der Waals surface area contributed by atoms with E-state index >= 15 is 0 Å². The standard InChI is InChI=1S/C18H27N/c1-18(2)10-8-16(9-11-18)19-17-12-15(13-17)14-6-4-3-5-7-14/h3-7,15-17,19H,8-13H2,1-2H3. The predicted molar refractivity (Wildman–Crippen MR) is 81.4 cm³/mol. The Hall–Kier alpha value is -0.820. The zero-order chi connectivity index (χ0) is 13.3. The fourth-order valence-corrected chi connectivity index (χ4v) is 3.65. The first-order valence-corrected chi connectivity index (χ1v) is 7.93. The van der Waals surface area contributed by atoms with Crippen molar-refractivity contribution < 1.29 is 0 Å². The Labute approximate surface area is 117 Å². The topological polar surface area (TPSA) is 12.0 Å². The molecule has 2 saturated carbocycles. The molecule has 2 aliphatic carbocycles. The summed E-state index contributed by atoms with van der Waals surface area (Å²) >= 11 is 0. The molecule has 0 amide bonds. The van der Waals surface area contributed by atoms with Crippen molar-refractivity contribution in [2.24, 2.45) is 5.41 Å². The molecule has 1 aromatic carbocycles. The smallest absolute Gasteiger partial charge is 0.00813 e. The predicted octanol–water partition coefficient (Wildman–Crippen LogP) is 4.49. The van der Waals surface area contributed by atoms with Crippen LogP contribution in [0.1, 0.15) is 63.9 Å². The summed E-state index contributed by atoms with van der Waals surface area (Å²) in [5.74, 6) is 0.804. The van der Waals surface area contributed by atoms with Gasteiger partial charge in [0.25, 0.3) is 0 Å². The van der Waals surface area contributed by atoms with Crippen molar-refractivity contribution in [2.75, 3.05) is 0 Å². The highest BCUT2D eigenvalue weighted by Gasteiger charge is 2.33. The van der Waals surface area contributed by atoms with Crippen molar-refractivity contribution in [2.45, 2.75) is 70.4 Å². The molecule has 0 atom stereocenters. The van der Waals surface area contributed by atoms with E-state index in [-0.39, 0.29) is 0 Å². The van der Waals surface area contributed by atoms with Crippen LogP contribution in [0, 0.1) is 5.41 Å². The Balaban J connectivity index is 1.43. The van der Waals surface area contributed by atoms with Gasteiger partial charge in [-0.05, 0) is 55.4 Å². The Kier molecular flexibility index (Phi) is 3.66. The molecule has 0 spiro atoms. The molecule has 104 valence electrons. The maximum Gasteiger partial charge on any atom is 0.00813 e. The van der Waals surface area contributed by atoms with E-state index < -0.39 is 0 Å². The minimum absolute atomic E-state index is 0.588. The van der Waals surface area contributed by atoms with Crippen LogP contribution in [0.3, 0.4) is 0 Å². The minimum Gasteiger partial charge on any atom is -0.311 e. The first-order valence-electron chi connectivity index (χ1n) is 7.93. The van der Waals surface area contributed by atoms with E-state index in [4.69, 9.17) is 0 Å². The van der Waals surface area contributed by atoms with Crippen molar-refractivity contribution in [1.82, 2.24) is 5.32 Å². The van der Waals surface area contributed by atoms with Crippen LogP contribution in [0.25, 0.3) is 0 Å². The normalized spacial score (nSPS) is 30.8. The van der Waals surface area contributed by atoms with Crippen molar-refractivity contribution in [3.63, 3.8) is 0 Å². The average Bonchev–Trinajstić information content (AvgIpc) is 2.36. The average molecular weight is 257 g/mol. The molecule has 0 aromatic heterocycles. The van der Waals surface area contributed by atoms with Crippen molar-refractivity contribution >= 4 is 0 Å². The fraction of sp³-hybridized carbons (Fsp3) is 0.667. The van der Waals surface area contributed by atoms with Gasteiger partial charge in [0.2, 0.25) is 0 Å². The summed E-state index contributed by atoms with van der Waals surface area (Å²) in [5.41, 5.74) is 2.12. The highest BCUT2D eigenvalue weighted by Crippen LogP contribution is 2.39. The van der Waals surface area contributed by atoms with Gasteiger partial charge in [-0.15, -0.1) is 0 Å². The van der Waals surface area contributed by atoms with Gasteiger partial charge in [0.05, 0.1) is 0 Å². The van der Waals surface area contributed by atoms with E-state index in [9.17, 15) is 0 Å². The SMILES string of the molecule is CC1(C)CCC(NC2CC(c3ccccc3)C2)CC1. The molecule has 19 heavy (non-hydrogen) atoms. The van der Waals surface area contributed by atoms with Gasteiger partial charge in [-0.3, -0.25) is 0 Å². The van der Waals surface area contributed by atoms with Gasteiger partial charge in [-0.1, -0.05) is 44.2 Å². The van der Waals surface area contributed by atoms with E-state index in [0.29, 0.717) is 5.41 Å². The molecule has 0 saturated heterocycles. The van der Waals surface area contributed by atoms with Gasteiger partial charge in [0.1, 0.15) is 0 Å². The molecule has 0 bridgehead atoms. The van der Waals surface area contributed by atoms with Gasteiger partial charge < -0.3 is 5.32 Å². The second kappa shape index (κ2) is 5.28. The summed E-state index contributed by atoms with van der Waals surface area (Å²) in [7, 11) is 0. The lowest BCUT2D eigenvalue weighted by Gasteiger charge is -2.42. The zero-order valence-corrected chi connectivity index (χ0v) is 12.4. The maximum absolute atomic E-state index is 3.89. The van der Waals surface area contributed by atoms with Crippen LogP contribution in [-0.4, -0.2) is 12.1 Å². The molecule has 3 rings (SSSR count). The summed E-state index contributed by atoms with van der Waals surface area (Å²) in [6.45, 7) is 4.83.